The van der Waals surface area contributed by atoms with Crippen LogP contribution in [0.5, 0.6) is 0 Å². The number of furan rings is 1. The molecule has 0 unspecified atom stereocenters. The van der Waals surface area contributed by atoms with E-state index in [1.807, 2.05) is 6.07 Å². The molecule has 0 N–H and O–H groups in total. The van der Waals surface area contributed by atoms with Crippen LogP contribution in [0.15, 0.2) is 199 Å². The third-order valence-electron chi connectivity index (χ3n) is 11.0. The van der Waals surface area contributed by atoms with Gasteiger partial charge in [0.05, 0.1) is 0 Å². The Morgan fingerprint density at radius 3 is 1.72 bits per heavy atom. The molecule has 1 heteroatoms. The van der Waals surface area contributed by atoms with Gasteiger partial charge < -0.3 is 4.42 Å². The van der Waals surface area contributed by atoms with Gasteiger partial charge in [0.25, 0.3) is 0 Å². The SMILES string of the molecule is c1cc(-c2ccc3ccccc3c2)cc(-c2c3ccccc3c(-c3cccc4ccccc34)c3cccc(-c4cccc5c4oc4ccccc45)c23)c1. The predicted molar refractivity (Wildman–Crippen MR) is 225 cm³/mol. The van der Waals surface area contributed by atoms with Gasteiger partial charge in [-0.15, -0.1) is 0 Å². The molecule has 0 aliphatic carbocycles. The molecule has 1 nitrogen and oxygen atoms in total. The molecule has 0 spiro atoms. The van der Waals surface area contributed by atoms with Crippen LogP contribution in [0.25, 0.3) is 110 Å². The van der Waals surface area contributed by atoms with E-state index in [0.717, 1.165) is 33.1 Å². The summed E-state index contributed by atoms with van der Waals surface area (Å²) >= 11 is 0. The summed E-state index contributed by atoms with van der Waals surface area (Å²) in [5, 5.41) is 12.1. The lowest BCUT2D eigenvalue weighted by Gasteiger charge is -2.21. The second kappa shape index (κ2) is 11.8. The monoisotopic (exact) mass is 672 g/mol. The van der Waals surface area contributed by atoms with Crippen molar-refractivity contribution in [2.45, 2.75) is 0 Å². The van der Waals surface area contributed by atoms with E-state index in [-0.39, 0.29) is 0 Å². The van der Waals surface area contributed by atoms with Crippen LogP contribution in [0.3, 0.4) is 0 Å². The molecule has 0 amide bonds. The summed E-state index contributed by atoms with van der Waals surface area (Å²) in [5.74, 6) is 0. The van der Waals surface area contributed by atoms with Gasteiger partial charge in [0.2, 0.25) is 0 Å². The third kappa shape index (κ3) is 4.64. The maximum absolute atomic E-state index is 6.70. The highest BCUT2D eigenvalue weighted by molar-refractivity contribution is 6.27. The van der Waals surface area contributed by atoms with Crippen LogP contribution in [0, 0.1) is 0 Å². The Kier molecular flexibility index (Phi) is 6.62. The van der Waals surface area contributed by atoms with Gasteiger partial charge in [0, 0.05) is 16.3 Å². The molecule has 0 bridgehead atoms. The lowest BCUT2D eigenvalue weighted by Crippen LogP contribution is -1.94. The highest BCUT2D eigenvalue weighted by Crippen LogP contribution is 2.49. The van der Waals surface area contributed by atoms with E-state index in [0.29, 0.717) is 0 Å². The van der Waals surface area contributed by atoms with E-state index in [4.69, 9.17) is 4.42 Å². The van der Waals surface area contributed by atoms with Gasteiger partial charge in [-0.05, 0) is 100 Å². The molecule has 0 saturated heterocycles. The zero-order valence-electron chi connectivity index (χ0n) is 28.9. The Hall–Kier alpha value is -6.96. The molecule has 0 saturated carbocycles. The first kappa shape index (κ1) is 29.7. The lowest BCUT2D eigenvalue weighted by atomic mass is 9.81. The molecule has 0 fully saturated rings. The maximum atomic E-state index is 6.70. The van der Waals surface area contributed by atoms with Crippen LogP contribution in [0.2, 0.25) is 0 Å². The van der Waals surface area contributed by atoms with E-state index in [2.05, 4.69) is 188 Å². The van der Waals surface area contributed by atoms with E-state index < -0.39 is 0 Å². The second-order valence-corrected chi connectivity index (χ2v) is 14.0. The van der Waals surface area contributed by atoms with E-state index in [9.17, 15) is 0 Å². The summed E-state index contributed by atoms with van der Waals surface area (Å²) in [6, 6.07) is 70.6. The second-order valence-electron chi connectivity index (χ2n) is 14.0. The van der Waals surface area contributed by atoms with Gasteiger partial charge in [-0.2, -0.15) is 0 Å². The molecular weight excluding hydrogens is 641 g/mol. The first-order valence-corrected chi connectivity index (χ1v) is 18.3. The molecule has 0 aliphatic rings. The molecule has 0 atom stereocenters. The summed E-state index contributed by atoms with van der Waals surface area (Å²) < 4.78 is 6.70. The molecule has 0 radical (unpaired) electrons. The van der Waals surface area contributed by atoms with Crippen molar-refractivity contribution in [2.24, 2.45) is 0 Å². The number of fused-ring (bicyclic) bond motifs is 7. The van der Waals surface area contributed by atoms with Gasteiger partial charge >= 0.3 is 0 Å². The fraction of sp³-hybridized carbons (Fsp3) is 0. The van der Waals surface area contributed by atoms with Crippen LogP contribution in [-0.2, 0) is 0 Å². The number of hydrogen-bond acceptors (Lipinski definition) is 1. The average molecular weight is 673 g/mol. The standard InChI is InChI=1S/C52H32O/c1-2-15-35-31-37(30-29-33(35)13-1)36-17-9-18-38(32-36)49-42-21-5-6-22-43(42)50(41-23-10-16-34-14-3-4-19-39(34)41)47-27-11-24-44(51(47)49)46-26-12-25-45-40-20-7-8-28-48(40)53-52(45)46/h1-32H. The summed E-state index contributed by atoms with van der Waals surface area (Å²) in [5.41, 5.74) is 11.4. The van der Waals surface area contributed by atoms with Crippen molar-refractivity contribution in [3.05, 3.63) is 194 Å². The third-order valence-corrected chi connectivity index (χ3v) is 11.0. The molecular formula is C52H32O. The Morgan fingerprint density at radius 1 is 0.283 bits per heavy atom. The minimum Gasteiger partial charge on any atom is -0.455 e. The maximum Gasteiger partial charge on any atom is 0.143 e. The molecule has 0 aliphatic heterocycles. The fourth-order valence-corrected chi connectivity index (χ4v) is 8.67. The molecule has 246 valence electrons. The number of rotatable bonds is 4. The Morgan fingerprint density at radius 2 is 0.849 bits per heavy atom. The lowest BCUT2D eigenvalue weighted by molar-refractivity contribution is 0.670. The minimum absolute atomic E-state index is 0.903. The molecule has 1 heterocycles. The summed E-state index contributed by atoms with van der Waals surface area (Å²) in [6.07, 6.45) is 0. The Balaban J connectivity index is 1.28. The highest BCUT2D eigenvalue weighted by Gasteiger charge is 2.22. The molecule has 1 aromatic heterocycles. The van der Waals surface area contributed by atoms with Crippen molar-refractivity contribution >= 4 is 65.0 Å². The van der Waals surface area contributed by atoms with Crippen LogP contribution < -0.4 is 0 Å². The molecule has 10 aromatic carbocycles. The smallest absolute Gasteiger partial charge is 0.143 e. The van der Waals surface area contributed by atoms with Gasteiger partial charge in [-0.1, -0.05) is 176 Å². The van der Waals surface area contributed by atoms with Crippen LogP contribution in [-0.4, -0.2) is 0 Å². The minimum atomic E-state index is 0.903. The van der Waals surface area contributed by atoms with Crippen molar-refractivity contribution in [1.29, 1.82) is 0 Å². The van der Waals surface area contributed by atoms with Crippen molar-refractivity contribution in [1.82, 2.24) is 0 Å². The van der Waals surface area contributed by atoms with Crippen LogP contribution >= 0.6 is 0 Å². The van der Waals surface area contributed by atoms with Gasteiger partial charge in [0.15, 0.2) is 0 Å². The fourth-order valence-electron chi connectivity index (χ4n) is 8.67. The highest BCUT2D eigenvalue weighted by atomic mass is 16.3. The van der Waals surface area contributed by atoms with Crippen molar-refractivity contribution in [2.75, 3.05) is 0 Å². The van der Waals surface area contributed by atoms with Gasteiger partial charge in [0.1, 0.15) is 11.2 Å². The number of hydrogen-bond donors (Lipinski definition) is 0. The average Bonchev–Trinajstić information content (AvgIpc) is 3.61. The number of benzene rings is 10. The number of para-hydroxylation sites is 2. The largest absolute Gasteiger partial charge is 0.455 e. The van der Waals surface area contributed by atoms with E-state index >= 15 is 0 Å². The van der Waals surface area contributed by atoms with Crippen LogP contribution in [0.1, 0.15) is 0 Å². The topological polar surface area (TPSA) is 13.1 Å². The molecule has 53 heavy (non-hydrogen) atoms. The summed E-state index contributed by atoms with van der Waals surface area (Å²) in [7, 11) is 0. The summed E-state index contributed by atoms with van der Waals surface area (Å²) in [4.78, 5) is 0. The molecule has 11 aromatic rings. The Bertz CT molecular complexity index is 3230. The first-order chi connectivity index (χ1) is 26.3. The van der Waals surface area contributed by atoms with E-state index in [1.54, 1.807) is 0 Å². The van der Waals surface area contributed by atoms with Crippen LogP contribution in [0.4, 0.5) is 0 Å². The molecule has 11 rings (SSSR count). The Labute approximate surface area is 307 Å². The van der Waals surface area contributed by atoms with Crippen molar-refractivity contribution in [3.8, 4) is 44.5 Å². The van der Waals surface area contributed by atoms with Gasteiger partial charge in [-0.3, -0.25) is 0 Å². The van der Waals surface area contributed by atoms with Crippen molar-refractivity contribution < 1.29 is 4.42 Å². The zero-order valence-corrected chi connectivity index (χ0v) is 28.9. The zero-order chi connectivity index (χ0) is 34.9. The quantitative estimate of drug-likeness (QED) is 0.170. The van der Waals surface area contributed by atoms with Gasteiger partial charge in [-0.25, -0.2) is 0 Å². The predicted octanol–water partition coefficient (Wildman–Crippen LogP) is 14.9. The van der Waals surface area contributed by atoms with E-state index in [1.165, 1.54) is 76.5 Å². The van der Waals surface area contributed by atoms with Crippen molar-refractivity contribution in [3.63, 3.8) is 0 Å². The normalized spacial score (nSPS) is 11.8. The summed E-state index contributed by atoms with van der Waals surface area (Å²) in [6.45, 7) is 0. The first-order valence-electron chi connectivity index (χ1n) is 18.3.